The van der Waals surface area contributed by atoms with Crippen molar-refractivity contribution in [3.63, 3.8) is 0 Å². The summed E-state index contributed by atoms with van der Waals surface area (Å²) in [6.45, 7) is 0. The molecule has 0 radical (unpaired) electrons. The van der Waals surface area contributed by atoms with Gasteiger partial charge in [-0.3, -0.25) is 29.8 Å². The Kier molecular flexibility index (Phi) is 9.30. The number of hydrazone groups is 1. The monoisotopic (exact) mass is 499 g/mol. The number of rotatable bonds is 10. The molecule has 1 aliphatic rings. The average molecular weight is 500 g/mol. The number of thioether (sulfide) groups is 1. The van der Waals surface area contributed by atoms with E-state index < -0.39 is 39.1 Å². The summed E-state index contributed by atoms with van der Waals surface area (Å²) in [4.78, 5) is 46.4. The molecule has 12 heteroatoms. The Morgan fingerprint density at radius 1 is 0.971 bits per heavy atom. The van der Waals surface area contributed by atoms with Crippen LogP contribution in [0.25, 0.3) is 0 Å². The molecular formula is C23H25N5O6S. The quantitative estimate of drug-likeness (QED) is 0.370. The number of amides is 2. The van der Waals surface area contributed by atoms with Crippen LogP contribution in [-0.2, 0) is 10.5 Å². The summed E-state index contributed by atoms with van der Waals surface area (Å²) in [5, 5.41) is 29.1. The van der Waals surface area contributed by atoms with Gasteiger partial charge in [0.25, 0.3) is 23.2 Å². The lowest BCUT2D eigenvalue weighted by atomic mass is 9.99. The Morgan fingerprint density at radius 2 is 1.60 bits per heavy atom. The Hall–Kier alpha value is -3.80. The topological polar surface area (TPSA) is 157 Å². The summed E-state index contributed by atoms with van der Waals surface area (Å²) in [6.07, 6.45) is 4.74. The number of hydrogen-bond acceptors (Lipinski definition) is 8. The van der Waals surface area contributed by atoms with E-state index in [4.69, 9.17) is 0 Å². The maximum absolute atomic E-state index is 12.9. The van der Waals surface area contributed by atoms with E-state index in [0.29, 0.717) is 5.75 Å². The Labute approximate surface area is 205 Å². The third kappa shape index (κ3) is 7.88. The summed E-state index contributed by atoms with van der Waals surface area (Å²) < 4.78 is 0. The zero-order valence-electron chi connectivity index (χ0n) is 18.8. The molecule has 0 heterocycles. The molecule has 0 aromatic heterocycles. The van der Waals surface area contributed by atoms with Crippen LogP contribution >= 0.6 is 11.8 Å². The normalized spacial score (nSPS) is 14.0. The average Bonchev–Trinajstić information content (AvgIpc) is 2.87. The molecule has 1 saturated carbocycles. The molecule has 1 aliphatic carbocycles. The van der Waals surface area contributed by atoms with E-state index in [-0.39, 0.29) is 11.3 Å². The lowest BCUT2D eigenvalue weighted by Gasteiger charge is -2.18. The van der Waals surface area contributed by atoms with E-state index in [1.807, 2.05) is 30.3 Å². The second kappa shape index (κ2) is 12.6. The highest BCUT2D eigenvalue weighted by Gasteiger charge is 2.25. The minimum absolute atomic E-state index is 0.203. The molecule has 11 nitrogen and oxygen atoms in total. The smallest absolute Gasteiger partial charge is 0.277 e. The number of benzene rings is 2. The zero-order chi connectivity index (χ0) is 25.2. The first-order chi connectivity index (χ1) is 16.8. The fourth-order valence-electron chi connectivity index (χ4n) is 3.51. The van der Waals surface area contributed by atoms with Gasteiger partial charge in [0.2, 0.25) is 0 Å². The summed E-state index contributed by atoms with van der Waals surface area (Å²) >= 11 is 1.42. The first kappa shape index (κ1) is 25.8. The molecule has 0 aliphatic heterocycles. The van der Waals surface area contributed by atoms with Gasteiger partial charge in [-0.15, -0.1) is 0 Å². The van der Waals surface area contributed by atoms with Crippen molar-refractivity contribution in [3.05, 3.63) is 79.9 Å². The van der Waals surface area contributed by atoms with E-state index in [2.05, 4.69) is 15.8 Å². The van der Waals surface area contributed by atoms with Gasteiger partial charge in [0.05, 0.1) is 21.5 Å². The third-order valence-corrected chi connectivity index (χ3v) is 6.47. The highest BCUT2D eigenvalue weighted by molar-refractivity contribution is 7.98. The van der Waals surface area contributed by atoms with E-state index in [1.165, 1.54) is 11.8 Å². The largest absolute Gasteiger partial charge is 0.339 e. The fourth-order valence-corrected chi connectivity index (χ4v) is 4.53. The molecule has 1 unspecified atom stereocenters. The predicted molar refractivity (Wildman–Crippen MR) is 132 cm³/mol. The molecule has 1 atom stereocenters. The number of nitro groups is 2. The van der Waals surface area contributed by atoms with Crippen LogP contribution in [0.5, 0.6) is 0 Å². The van der Waals surface area contributed by atoms with Crippen LogP contribution in [-0.4, -0.2) is 39.2 Å². The number of nitrogens with one attached hydrogen (secondary N) is 2. The molecule has 0 spiro atoms. The minimum Gasteiger partial charge on any atom is -0.339 e. The van der Waals surface area contributed by atoms with Gasteiger partial charge in [-0.1, -0.05) is 36.8 Å². The van der Waals surface area contributed by atoms with Crippen molar-refractivity contribution < 1.29 is 19.4 Å². The molecule has 0 saturated heterocycles. The van der Waals surface area contributed by atoms with Crippen LogP contribution in [0.2, 0.25) is 0 Å². The van der Waals surface area contributed by atoms with Gasteiger partial charge >= 0.3 is 0 Å². The van der Waals surface area contributed by atoms with Gasteiger partial charge in [-0.25, -0.2) is 5.43 Å². The lowest BCUT2D eigenvalue weighted by Crippen LogP contribution is -2.47. The lowest BCUT2D eigenvalue weighted by molar-refractivity contribution is -0.394. The second-order valence-corrected chi connectivity index (χ2v) is 9.02. The number of carbonyl (C=O) groups excluding carboxylic acids is 2. The predicted octanol–water partition coefficient (Wildman–Crippen LogP) is 3.97. The first-order valence-corrected chi connectivity index (χ1v) is 12.2. The van der Waals surface area contributed by atoms with Crippen LogP contribution in [0, 0.1) is 20.2 Å². The van der Waals surface area contributed by atoms with Crippen LogP contribution in [0.15, 0.2) is 53.6 Å². The second-order valence-electron chi connectivity index (χ2n) is 7.99. The minimum atomic E-state index is -1.01. The van der Waals surface area contributed by atoms with E-state index in [9.17, 15) is 29.8 Å². The maximum atomic E-state index is 12.9. The maximum Gasteiger partial charge on any atom is 0.277 e. The van der Waals surface area contributed by atoms with Gasteiger partial charge in [0.1, 0.15) is 6.04 Å². The van der Waals surface area contributed by atoms with Crippen molar-refractivity contribution in [3.8, 4) is 0 Å². The summed E-state index contributed by atoms with van der Waals surface area (Å²) in [5.74, 6) is -0.564. The van der Waals surface area contributed by atoms with Crippen molar-refractivity contribution in [2.75, 3.05) is 5.75 Å². The van der Waals surface area contributed by atoms with Gasteiger partial charge in [0, 0.05) is 29.4 Å². The van der Waals surface area contributed by atoms with Gasteiger partial charge in [-0.2, -0.15) is 16.9 Å². The summed E-state index contributed by atoms with van der Waals surface area (Å²) in [5.41, 5.74) is 2.99. The van der Waals surface area contributed by atoms with Gasteiger partial charge in [-0.05, 0) is 31.2 Å². The van der Waals surface area contributed by atoms with Crippen molar-refractivity contribution in [2.45, 2.75) is 43.9 Å². The molecule has 2 aromatic rings. The molecule has 35 heavy (non-hydrogen) atoms. The van der Waals surface area contributed by atoms with Crippen LogP contribution in [0.1, 0.15) is 48.0 Å². The van der Waals surface area contributed by atoms with Crippen molar-refractivity contribution in [2.24, 2.45) is 5.10 Å². The zero-order valence-corrected chi connectivity index (χ0v) is 19.7. The molecule has 0 bridgehead atoms. The Bertz CT molecular complexity index is 1080. The number of carbonyl (C=O) groups is 2. The van der Waals surface area contributed by atoms with Gasteiger partial charge in [0.15, 0.2) is 0 Å². The molecule has 3 rings (SSSR count). The van der Waals surface area contributed by atoms with Crippen molar-refractivity contribution in [1.82, 2.24) is 10.7 Å². The van der Waals surface area contributed by atoms with E-state index in [1.54, 1.807) is 0 Å². The standard InChI is InChI=1S/C23H25N5O6S/c29-22(17-11-19(27(31)32)13-20(12-17)28(33)34)24-21(15-35-14-16-7-3-1-4-8-16)23(30)26-25-18-9-5-2-6-10-18/h1,3-4,7-8,11-13,21H,2,5-6,9-10,14-15H2,(H,24,29)(H,26,30). The van der Waals surface area contributed by atoms with Crippen LogP contribution in [0.4, 0.5) is 11.4 Å². The number of non-ortho nitro benzene ring substituents is 2. The molecular weight excluding hydrogens is 474 g/mol. The summed E-state index contributed by atoms with van der Waals surface area (Å²) in [6, 6.07) is 11.2. The van der Waals surface area contributed by atoms with Crippen LogP contribution in [0.3, 0.4) is 0 Å². The van der Waals surface area contributed by atoms with Gasteiger partial charge < -0.3 is 5.32 Å². The SMILES string of the molecule is O=C(NC(CSCc1ccccc1)C(=O)NN=C1CCCCC1)c1cc([N+](=O)[O-])cc([N+](=O)[O-])c1. The molecule has 2 amide bonds. The van der Waals surface area contributed by atoms with Crippen LogP contribution < -0.4 is 10.7 Å². The fraction of sp³-hybridized carbons (Fsp3) is 0.348. The number of nitro benzene ring substituents is 2. The molecule has 184 valence electrons. The van der Waals surface area contributed by atoms with E-state index >= 15 is 0 Å². The highest BCUT2D eigenvalue weighted by atomic mass is 32.2. The number of nitrogens with zero attached hydrogens (tertiary/aromatic N) is 3. The summed E-state index contributed by atoms with van der Waals surface area (Å²) in [7, 11) is 0. The van der Waals surface area contributed by atoms with E-state index in [0.717, 1.165) is 61.6 Å². The molecule has 2 N–H and O–H groups in total. The highest BCUT2D eigenvalue weighted by Crippen LogP contribution is 2.23. The molecule has 1 fully saturated rings. The first-order valence-electron chi connectivity index (χ1n) is 11.0. The Balaban J connectivity index is 1.75. The number of hydrogen-bond donors (Lipinski definition) is 2. The van der Waals surface area contributed by atoms with Crippen molar-refractivity contribution >= 4 is 40.7 Å². The Morgan fingerprint density at radius 3 is 2.20 bits per heavy atom. The molecule has 2 aromatic carbocycles. The third-order valence-electron chi connectivity index (χ3n) is 5.36. The van der Waals surface area contributed by atoms with Crippen molar-refractivity contribution in [1.29, 1.82) is 0 Å².